The fourth-order valence-corrected chi connectivity index (χ4v) is 0. The predicted octanol–water partition coefficient (Wildman–Crippen LogP) is -2.63. The van der Waals surface area contributed by atoms with E-state index in [2.05, 4.69) is 12.2 Å². The van der Waals surface area contributed by atoms with E-state index in [1.54, 1.807) is 0 Å². The molecule has 0 aromatic rings. The molecule has 4 heavy (non-hydrogen) atoms. The average Bonchev–Trinajstić information content (AvgIpc) is 0.918. The molecule has 0 heterocycles. The van der Waals surface area contributed by atoms with Gasteiger partial charge in [-0.15, -0.1) is 0 Å². The van der Waals surface area contributed by atoms with Crippen molar-refractivity contribution in [3.8, 4) is 0 Å². The molecule has 0 aromatic heterocycles. The normalized spacial score (nSPS) is 2.00. The van der Waals surface area contributed by atoms with Gasteiger partial charge in [0.2, 0.25) is 5.23 Å². The van der Waals surface area contributed by atoms with Crippen LogP contribution in [0.15, 0.2) is 0 Å². The Morgan fingerprint density at radius 3 is 2.00 bits per heavy atom. The van der Waals surface area contributed by atoms with Gasteiger partial charge >= 0.3 is 51.4 Å². The van der Waals surface area contributed by atoms with E-state index in [1.165, 1.54) is 0 Å². The predicted molar refractivity (Wildman–Crippen MR) is 14.4 cm³/mol. The molecule has 0 atom stereocenters. The summed E-state index contributed by atoms with van der Waals surface area (Å²) in [5.41, 5.74) is 0. The van der Waals surface area contributed by atoms with Gasteiger partial charge in [-0.1, -0.05) is 0 Å². The Morgan fingerprint density at radius 2 is 2.00 bits per heavy atom. The van der Waals surface area contributed by atoms with Crippen molar-refractivity contribution in [2.45, 2.75) is 0 Å². The zero-order valence-electron chi connectivity index (χ0n) is 3.32. The van der Waals surface area contributed by atoms with Crippen molar-refractivity contribution in [1.29, 1.82) is 0 Å². The second kappa shape index (κ2) is 8.83. The second-order valence-electron chi connectivity index (χ2n) is 0.0833. The largest absolute Gasteiger partial charge is 1.00 e. The maximum absolute atomic E-state index is 8.50. The summed E-state index contributed by atoms with van der Waals surface area (Å²) >= 11 is 3.59. The number of carbonyl (C=O) groups excluding carboxylic acids is 1. The third-order valence-corrected chi connectivity index (χ3v) is 0. The quantitative estimate of drug-likeness (QED) is 0.245. The van der Waals surface area contributed by atoms with E-state index in [0.717, 1.165) is 5.23 Å². The smallest absolute Gasteiger partial charge is 1.00 e. The fourth-order valence-electron chi connectivity index (χ4n) is 0. The summed E-state index contributed by atoms with van der Waals surface area (Å²) in [4.78, 5) is 8.50. The maximum Gasteiger partial charge on any atom is 1.00 e. The van der Waals surface area contributed by atoms with E-state index in [-0.39, 0.29) is 52.8 Å². The Kier molecular flexibility index (Phi) is 20.0. The van der Waals surface area contributed by atoms with E-state index in [0.29, 0.717) is 0 Å². The van der Waals surface area contributed by atoms with Crippen LogP contribution in [0, 0.1) is 0 Å². The number of rotatable bonds is 0. The molecule has 0 rings (SSSR count). The number of hydrogen-bond acceptors (Lipinski definition) is 2. The van der Waals surface area contributed by atoms with Crippen molar-refractivity contribution in [2.24, 2.45) is 0 Å². The molecular formula is CHKOS. The van der Waals surface area contributed by atoms with Gasteiger partial charge in [0.25, 0.3) is 0 Å². The van der Waals surface area contributed by atoms with Gasteiger partial charge in [0.15, 0.2) is 0 Å². The number of hydrogen-bond donors (Lipinski definition) is 0. The molecule has 0 unspecified atom stereocenters. The van der Waals surface area contributed by atoms with E-state index < -0.39 is 0 Å². The van der Waals surface area contributed by atoms with Crippen LogP contribution < -0.4 is 51.4 Å². The standard InChI is InChI=1S/COS.K.H/c2-1-3;;/q;+1;-1. The van der Waals surface area contributed by atoms with E-state index in [4.69, 9.17) is 4.79 Å². The molecular weight excluding hydrogens is 99.2 g/mol. The van der Waals surface area contributed by atoms with Gasteiger partial charge in [-0.25, -0.2) is 4.79 Å². The first-order valence-corrected chi connectivity index (χ1v) is 0.816. The topological polar surface area (TPSA) is 17.1 Å². The Labute approximate surface area is 73.7 Å². The molecule has 0 bridgehead atoms. The Balaban J connectivity index is -0.0000000200. The van der Waals surface area contributed by atoms with Crippen molar-refractivity contribution in [1.82, 2.24) is 0 Å². The summed E-state index contributed by atoms with van der Waals surface area (Å²) in [6.45, 7) is 0. The molecule has 0 N–H and O–H groups in total. The first-order chi connectivity index (χ1) is 1.41. The monoisotopic (exact) mass is 99.9 g/mol. The third kappa shape index (κ3) is 9.89. The van der Waals surface area contributed by atoms with Crippen LogP contribution in [0.25, 0.3) is 0 Å². The average molecular weight is 100 g/mol. The van der Waals surface area contributed by atoms with Gasteiger partial charge in [0, 0.05) is 12.2 Å². The molecule has 18 valence electrons. The summed E-state index contributed by atoms with van der Waals surface area (Å²) in [6, 6.07) is 0. The van der Waals surface area contributed by atoms with Crippen molar-refractivity contribution in [3.05, 3.63) is 0 Å². The summed E-state index contributed by atoms with van der Waals surface area (Å²) in [6.07, 6.45) is 0. The van der Waals surface area contributed by atoms with Crippen LogP contribution >= 0.6 is 12.2 Å². The van der Waals surface area contributed by atoms with Crippen LogP contribution in [-0.4, -0.2) is 5.23 Å². The number of thiocarbonyl (C=S) groups is 1. The van der Waals surface area contributed by atoms with Crippen LogP contribution in [0.2, 0.25) is 0 Å². The third-order valence-electron chi connectivity index (χ3n) is 0. The van der Waals surface area contributed by atoms with Gasteiger partial charge in [-0.05, 0) is 0 Å². The molecule has 0 aliphatic carbocycles. The van der Waals surface area contributed by atoms with Gasteiger partial charge in [-0.2, -0.15) is 0 Å². The molecule has 0 radical (unpaired) electrons. The minimum Gasteiger partial charge on any atom is -1.00 e. The zero-order valence-corrected chi connectivity index (χ0v) is 6.26. The van der Waals surface area contributed by atoms with Crippen molar-refractivity contribution >= 4 is 17.5 Å². The minimum absolute atomic E-state index is 0. The summed E-state index contributed by atoms with van der Waals surface area (Å²) in [5.74, 6) is 0. The van der Waals surface area contributed by atoms with Gasteiger partial charge < -0.3 is 1.43 Å². The Morgan fingerprint density at radius 1 is 2.00 bits per heavy atom. The first kappa shape index (κ1) is 9.06. The molecule has 0 saturated heterocycles. The van der Waals surface area contributed by atoms with Crippen LogP contribution in [0.3, 0.4) is 0 Å². The second-order valence-corrected chi connectivity index (χ2v) is 0.250. The summed E-state index contributed by atoms with van der Waals surface area (Å²) < 4.78 is 0. The van der Waals surface area contributed by atoms with Crippen LogP contribution in [0.5, 0.6) is 0 Å². The SMILES string of the molecule is O=C=S.[H-].[K+]. The molecule has 3 heteroatoms. The molecule has 1 nitrogen and oxygen atoms in total. The summed E-state index contributed by atoms with van der Waals surface area (Å²) in [5, 5.41) is 1.08. The Bertz CT molecular complexity index is 32.6. The van der Waals surface area contributed by atoms with E-state index in [9.17, 15) is 0 Å². The molecule has 0 spiro atoms. The van der Waals surface area contributed by atoms with E-state index in [1.807, 2.05) is 0 Å². The zero-order chi connectivity index (χ0) is 2.71. The van der Waals surface area contributed by atoms with Crippen LogP contribution in [0.1, 0.15) is 1.43 Å². The van der Waals surface area contributed by atoms with Gasteiger partial charge in [0.1, 0.15) is 0 Å². The maximum atomic E-state index is 8.50. The minimum atomic E-state index is 0. The van der Waals surface area contributed by atoms with E-state index >= 15 is 0 Å². The van der Waals surface area contributed by atoms with Crippen molar-refractivity contribution in [2.75, 3.05) is 0 Å². The molecule has 0 saturated carbocycles. The van der Waals surface area contributed by atoms with Crippen molar-refractivity contribution in [3.63, 3.8) is 0 Å². The molecule has 0 amide bonds. The Hall–Kier alpha value is 1.44. The molecule has 0 fully saturated rings. The molecule has 0 aromatic carbocycles. The van der Waals surface area contributed by atoms with Crippen LogP contribution in [-0.2, 0) is 4.79 Å². The first-order valence-electron chi connectivity index (χ1n) is 0.408. The summed E-state index contributed by atoms with van der Waals surface area (Å²) in [7, 11) is 0. The fraction of sp³-hybridized carbons (Fsp3) is 0. The van der Waals surface area contributed by atoms with Crippen LogP contribution in [0.4, 0.5) is 0 Å². The van der Waals surface area contributed by atoms with Gasteiger partial charge in [-0.3, -0.25) is 0 Å². The molecule has 0 aliphatic heterocycles. The molecule has 0 aliphatic rings. The van der Waals surface area contributed by atoms with Crippen molar-refractivity contribution < 1.29 is 57.6 Å². The van der Waals surface area contributed by atoms with Gasteiger partial charge in [0.05, 0.1) is 0 Å².